The van der Waals surface area contributed by atoms with Crippen molar-refractivity contribution in [1.82, 2.24) is 14.7 Å². The fourth-order valence-electron chi connectivity index (χ4n) is 3.08. The van der Waals surface area contributed by atoms with E-state index in [2.05, 4.69) is 10.4 Å². The number of aryl methyl sites for hydroxylation is 2. The van der Waals surface area contributed by atoms with E-state index in [-0.39, 0.29) is 18.4 Å². The standard InChI is InChI=1S/C22H24N4O2S/c1-15-13-16(2)26(24-15)18-11-9-17(10-12-18)22(28)25(3)14-21(27)23-19-7-5-6-8-20(19)29-4/h5-13H,14H2,1-4H3,(H,23,27). The van der Waals surface area contributed by atoms with Gasteiger partial charge in [-0.15, -0.1) is 11.8 Å². The lowest BCUT2D eigenvalue weighted by atomic mass is 10.2. The Labute approximate surface area is 174 Å². The normalized spacial score (nSPS) is 10.6. The quantitative estimate of drug-likeness (QED) is 0.628. The number of thioether (sulfide) groups is 1. The Morgan fingerprint density at radius 3 is 2.41 bits per heavy atom. The number of anilines is 1. The monoisotopic (exact) mass is 408 g/mol. The van der Waals surface area contributed by atoms with Crippen molar-refractivity contribution in [3.63, 3.8) is 0 Å². The van der Waals surface area contributed by atoms with E-state index >= 15 is 0 Å². The van der Waals surface area contributed by atoms with Gasteiger partial charge in [-0.05, 0) is 62.6 Å². The molecule has 1 aromatic heterocycles. The molecule has 0 atom stereocenters. The molecule has 0 aliphatic rings. The van der Waals surface area contributed by atoms with Gasteiger partial charge in [-0.25, -0.2) is 4.68 Å². The maximum absolute atomic E-state index is 12.7. The van der Waals surface area contributed by atoms with Crippen LogP contribution >= 0.6 is 11.8 Å². The van der Waals surface area contributed by atoms with Crippen LogP contribution in [0, 0.1) is 13.8 Å². The van der Waals surface area contributed by atoms with Gasteiger partial charge in [-0.2, -0.15) is 5.10 Å². The summed E-state index contributed by atoms with van der Waals surface area (Å²) in [5.74, 6) is -0.445. The molecule has 1 heterocycles. The number of aromatic nitrogens is 2. The maximum atomic E-state index is 12.7. The number of carbonyl (C=O) groups excluding carboxylic acids is 2. The molecule has 0 saturated heterocycles. The van der Waals surface area contributed by atoms with E-state index < -0.39 is 0 Å². The third-order valence-electron chi connectivity index (χ3n) is 4.48. The minimum atomic E-state index is -0.235. The zero-order chi connectivity index (χ0) is 21.0. The number of hydrogen-bond donors (Lipinski definition) is 1. The number of nitrogens with zero attached hydrogens (tertiary/aromatic N) is 3. The summed E-state index contributed by atoms with van der Waals surface area (Å²) in [5, 5.41) is 7.32. The maximum Gasteiger partial charge on any atom is 0.254 e. The Hall–Kier alpha value is -3.06. The van der Waals surface area contributed by atoms with Gasteiger partial charge in [0.2, 0.25) is 5.91 Å². The molecule has 0 spiro atoms. The van der Waals surface area contributed by atoms with Gasteiger partial charge in [-0.3, -0.25) is 9.59 Å². The Morgan fingerprint density at radius 2 is 1.79 bits per heavy atom. The summed E-state index contributed by atoms with van der Waals surface area (Å²) in [6.07, 6.45) is 1.95. The largest absolute Gasteiger partial charge is 0.332 e. The Morgan fingerprint density at radius 1 is 1.10 bits per heavy atom. The van der Waals surface area contributed by atoms with Crippen LogP contribution in [0.4, 0.5) is 5.69 Å². The van der Waals surface area contributed by atoms with Crippen LogP contribution in [0.15, 0.2) is 59.5 Å². The molecule has 0 aliphatic heterocycles. The highest BCUT2D eigenvalue weighted by Gasteiger charge is 2.16. The van der Waals surface area contributed by atoms with E-state index in [1.807, 2.05) is 67.2 Å². The van der Waals surface area contributed by atoms with Gasteiger partial charge < -0.3 is 10.2 Å². The average Bonchev–Trinajstić information content (AvgIpc) is 3.05. The second-order valence-corrected chi connectivity index (χ2v) is 7.64. The molecule has 0 fully saturated rings. The minimum absolute atomic E-state index is 0.0270. The molecule has 3 aromatic rings. The number of hydrogen-bond acceptors (Lipinski definition) is 4. The fraction of sp³-hybridized carbons (Fsp3) is 0.227. The molecule has 3 rings (SSSR count). The van der Waals surface area contributed by atoms with Gasteiger partial charge >= 0.3 is 0 Å². The molecule has 2 amide bonds. The molecule has 29 heavy (non-hydrogen) atoms. The van der Waals surface area contributed by atoms with Crippen molar-refractivity contribution in [2.45, 2.75) is 18.7 Å². The van der Waals surface area contributed by atoms with E-state index in [0.29, 0.717) is 5.56 Å². The van der Waals surface area contributed by atoms with Crippen molar-refractivity contribution in [2.24, 2.45) is 0 Å². The predicted molar refractivity (Wildman–Crippen MR) is 117 cm³/mol. The van der Waals surface area contributed by atoms with Crippen molar-refractivity contribution in [1.29, 1.82) is 0 Å². The fourth-order valence-corrected chi connectivity index (χ4v) is 3.63. The molecule has 0 radical (unpaired) electrons. The smallest absolute Gasteiger partial charge is 0.254 e. The lowest BCUT2D eigenvalue weighted by Gasteiger charge is -2.18. The molecule has 1 N–H and O–H groups in total. The SMILES string of the molecule is CSc1ccccc1NC(=O)CN(C)C(=O)c1ccc(-n2nc(C)cc2C)cc1. The molecule has 0 unspecified atom stereocenters. The molecular weight excluding hydrogens is 384 g/mol. The number of amides is 2. The van der Waals surface area contributed by atoms with Crippen molar-refractivity contribution >= 4 is 29.3 Å². The summed E-state index contributed by atoms with van der Waals surface area (Å²) in [7, 11) is 1.62. The van der Waals surface area contributed by atoms with Crippen molar-refractivity contribution < 1.29 is 9.59 Å². The molecule has 6 nitrogen and oxygen atoms in total. The second kappa shape index (κ2) is 8.96. The summed E-state index contributed by atoms with van der Waals surface area (Å²) in [4.78, 5) is 27.5. The van der Waals surface area contributed by atoms with Crippen LogP contribution in [-0.2, 0) is 4.79 Å². The van der Waals surface area contributed by atoms with E-state index in [1.54, 1.807) is 30.9 Å². The molecule has 0 bridgehead atoms. The first-order chi connectivity index (χ1) is 13.9. The van der Waals surface area contributed by atoms with Crippen LogP contribution in [0.3, 0.4) is 0 Å². The van der Waals surface area contributed by atoms with Gasteiger partial charge in [0.1, 0.15) is 0 Å². The number of benzene rings is 2. The lowest BCUT2D eigenvalue weighted by molar-refractivity contribution is -0.116. The summed E-state index contributed by atoms with van der Waals surface area (Å²) in [6.45, 7) is 3.90. The van der Waals surface area contributed by atoms with E-state index in [9.17, 15) is 9.59 Å². The average molecular weight is 409 g/mol. The van der Waals surface area contributed by atoms with Crippen molar-refractivity contribution in [3.05, 3.63) is 71.5 Å². The third-order valence-corrected chi connectivity index (χ3v) is 5.27. The summed E-state index contributed by atoms with van der Waals surface area (Å²) in [6, 6.07) is 16.8. The molecule has 0 saturated carbocycles. The van der Waals surface area contributed by atoms with Crippen LogP contribution in [0.25, 0.3) is 5.69 Å². The number of carbonyl (C=O) groups is 2. The van der Waals surface area contributed by atoms with E-state index in [0.717, 1.165) is 27.7 Å². The number of nitrogens with one attached hydrogen (secondary N) is 1. The Balaban J connectivity index is 1.65. The predicted octanol–water partition coefficient (Wildman–Crippen LogP) is 3.92. The zero-order valence-electron chi connectivity index (χ0n) is 17.0. The van der Waals surface area contributed by atoms with Crippen molar-refractivity contribution in [2.75, 3.05) is 25.2 Å². The van der Waals surface area contributed by atoms with Crippen molar-refractivity contribution in [3.8, 4) is 5.69 Å². The number of para-hydroxylation sites is 1. The highest BCUT2D eigenvalue weighted by Crippen LogP contribution is 2.24. The van der Waals surface area contributed by atoms with Gasteiger partial charge in [-0.1, -0.05) is 12.1 Å². The first-order valence-corrected chi connectivity index (χ1v) is 10.4. The number of rotatable bonds is 6. The molecule has 7 heteroatoms. The summed E-state index contributed by atoms with van der Waals surface area (Å²) >= 11 is 1.56. The molecule has 2 aromatic carbocycles. The summed E-state index contributed by atoms with van der Waals surface area (Å²) in [5.41, 5.74) is 4.13. The minimum Gasteiger partial charge on any atom is -0.332 e. The highest BCUT2D eigenvalue weighted by molar-refractivity contribution is 7.98. The van der Waals surface area contributed by atoms with Gasteiger partial charge in [0.15, 0.2) is 0 Å². The van der Waals surface area contributed by atoms with E-state index in [1.165, 1.54) is 4.90 Å². The second-order valence-electron chi connectivity index (χ2n) is 6.80. The van der Waals surface area contributed by atoms with Crippen LogP contribution < -0.4 is 5.32 Å². The summed E-state index contributed by atoms with van der Waals surface area (Å²) < 4.78 is 1.84. The first-order valence-electron chi connectivity index (χ1n) is 9.21. The first kappa shape index (κ1) is 20.7. The Bertz CT molecular complexity index is 1030. The van der Waals surface area contributed by atoms with Gasteiger partial charge in [0.05, 0.1) is 23.6 Å². The van der Waals surface area contributed by atoms with Crippen LogP contribution in [-0.4, -0.2) is 46.3 Å². The third kappa shape index (κ3) is 4.86. The van der Waals surface area contributed by atoms with Gasteiger partial charge in [0, 0.05) is 23.2 Å². The van der Waals surface area contributed by atoms with Crippen LogP contribution in [0.1, 0.15) is 21.7 Å². The highest BCUT2D eigenvalue weighted by atomic mass is 32.2. The Kier molecular flexibility index (Phi) is 6.39. The molecule has 150 valence electrons. The lowest BCUT2D eigenvalue weighted by Crippen LogP contribution is -2.35. The molecular formula is C22H24N4O2S. The van der Waals surface area contributed by atoms with Crippen LogP contribution in [0.5, 0.6) is 0 Å². The van der Waals surface area contributed by atoms with Gasteiger partial charge in [0.25, 0.3) is 5.91 Å². The molecule has 0 aliphatic carbocycles. The topological polar surface area (TPSA) is 67.2 Å². The van der Waals surface area contributed by atoms with Crippen LogP contribution in [0.2, 0.25) is 0 Å². The van der Waals surface area contributed by atoms with E-state index in [4.69, 9.17) is 0 Å². The number of likely N-dealkylation sites (N-methyl/N-ethyl adjacent to an activating group) is 1. The zero-order valence-corrected chi connectivity index (χ0v) is 17.8.